The molecule has 5 aromatic rings. The summed E-state index contributed by atoms with van der Waals surface area (Å²) in [5, 5.41) is 22.0. The fourth-order valence-electron chi connectivity index (χ4n) is 6.09. The average Bonchev–Trinajstić information content (AvgIpc) is 3.80. The van der Waals surface area contributed by atoms with Crippen molar-refractivity contribution in [3.8, 4) is 0 Å². The molecule has 0 aliphatic carbocycles. The number of benzene rings is 3. The van der Waals surface area contributed by atoms with Gasteiger partial charge in [0.2, 0.25) is 0 Å². The maximum Gasteiger partial charge on any atom is 0.254 e. The second-order valence-electron chi connectivity index (χ2n) is 11.8. The molecule has 4 atom stereocenters. The Morgan fingerprint density at radius 3 is 2.56 bits per heavy atom. The molecule has 232 valence electrons. The van der Waals surface area contributed by atoms with Crippen LogP contribution in [-0.2, 0) is 6.54 Å². The van der Waals surface area contributed by atoms with Gasteiger partial charge in [-0.25, -0.2) is 4.98 Å². The number of aryl methyl sites for hydroxylation is 2. The first-order chi connectivity index (χ1) is 21.8. The summed E-state index contributed by atoms with van der Waals surface area (Å²) in [5.41, 5.74) is 4.32. The van der Waals surface area contributed by atoms with Crippen LogP contribution >= 0.6 is 11.3 Å². The number of aliphatic hydroxyl groups excluding tert-OH is 1. The first kappa shape index (κ1) is 30.7. The molecule has 3 N–H and O–H groups in total. The van der Waals surface area contributed by atoms with Crippen molar-refractivity contribution in [2.45, 2.75) is 64.4 Å². The Kier molecular flexibility index (Phi) is 9.11. The molecule has 0 radical (unpaired) electrons. The van der Waals surface area contributed by atoms with Crippen molar-refractivity contribution in [1.82, 2.24) is 20.5 Å². The van der Waals surface area contributed by atoms with Crippen molar-refractivity contribution in [3.63, 3.8) is 0 Å². The molecule has 4 unspecified atom stereocenters. The van der Waals surface area contributed by atoms with Crippen LogP contribution in [0.15, 0.2) is 88.7 Å². The van der Waals surface area contributed by atoms with Gasteiger partial charge in [-0.15, -0.1) is 11.3 Å². The van der Waals surface area contributed by atoms with Crippen LogP contribution in [0.5, 0.6) is 0 Å². The zero-order valence-corrected chi connectivity index (χ0v) is 26.5. The molecule has 6 rings (SSSR count). The second-order valence-corrected chi connectivity index (χ2v) is 12.7. The summed E-state index contributed by atoms with van der Waals surface area (Å²) in [5.74, 6) is 0.301. The molecule has 0 spiro atoms. The molecule has 3 aromatic carbocycles. The number of thiazole rings is 1. The molecular weight excluding hydrogens is 584 g/mol. The van der Waals surface area contributed by atoms with Crippen LogP contribution in [0.4, 0.5) is 0 Å². The Bertz CT molecular complexity index is 1770. The number of amides is 2. The van der Waals surface area contributed by atoms with Crippen LogP contribution in [0.2, 0.25) is 0 Å². The van der Waals surface area contributed by atoms with Crippen molar-refractivity contribution < 1.29 is 19.1 Å². The van der Waals surface area contributed by atoms with E-state index in [4.69, 9.17) is 4.42 Å². The van der Waals surface area contributed by atoms with Crippen molar-refractivity contribution >= 4 is 34.1 Å². The number of aliphatic hydroxyl groups is 1. The van der Waals surface area contributed by atoms with Gasteiger partial charge in [0.1, 0.15) is 16.4 Å². The Hall–Kier alpha value is -4.31. The molecule has 1 aliphatic rings. The molecule has 1 aliphatic heterocycles. The minimum absolute atomic E-state index is 0.0499. The number of para-hydroxylation sites is 1. The highest BCUT2D eigenvalue weighted by molar-refractivity contribution is 7.09. The van der Waals surface area contributed by atoms with Gasteiger partial charge in [-0.3, -0.25) is 9.59 Å². The number of furan rings is 1. The van der Waals surface area contributed by atoms with E-state index >= 15 is 0 Å². The van der Waals surface area contributed by atoms with E-state index in [2.05, 4.69) is 15.6 Å². The lowest BCUT2D eigenvalue weighted by atomic mass is 9.96. The van der Waals surface area contributed by atoms with Crippen molar-refractivity contribution in [3.05, 3.63) is 123 Å². The van der Waals surface area contributed by atoms with Crippen molar-refractivity contribution in [1.29, 1.82) is 0 Å². The van der Waals surface area contributed by atoms with E-state index in [9.17, 15) is 14.7 Å². The van der Waals surface area contributed by atoms with E-state index in [-0.39, 0.29) is 17.9 Å². The Morgan fingerprint density at radius 1 is 1.04 bits per heavy atom. The molecule has 3 heterocycles. The molecule has 8 nitrogen and oxygen atoms in total. The summed E-state index contributed by atoms with van der Waals surface area (Å²) in [6.07, 6.45) is 0.829. The zero-order valence-electron chi connectivity index (χ0n) is 25.7. The highest BCUT2D eigenvalue weighted by atomic mass is 32.1. The second kappa shape index (κ2) is 13.4. The molecule has 0 saturated carbocycles. The van der Waals surface area contributed by atoms with E-state index in [0.29, 0.717) is 24.2 Å². The lowest BCUT2D eigenvalue weighted by molar-refractivity contribution is 0.0731. The normalized spacial score (nSPS) is 16.9. The Morgan fingerprint density at radius 2 is 1.80 bits per heavy atom. The van der Waals surface area contributed by atoms with Crippen molar-refractivity contribution in [2.75, 3.05) is 6.54 Å². The fourth-order valence-corrected chi connectivity index (χ4v) is 7.03. The van der Waals surface area contributed by atoms with Gasteiger partial charge in [-0.2, -0.15) is 0 Å². The number of nitrogens with one attached hydrogen (secondary N) is 2. The van der Waals surface area contributed by atoms with Gasteiger partial charge in [0.25, 0.3) is 11.8 Å². The van der Waals surface area contributed by atoms with Crippen LogP contribution in [0.1, 0.15) is 80.2 Å². The minimum atomic E-state index is -0.959. The van der Waals surface area contributed by atoms with Gasteiger partial charge in [-0.1, -0.05) is 48.5 Å². The van der Waals surface area contributed by atoms with E-state index in [1.807, 2.05) is 90.9 Å². The summed E-state index contributed by atoms with van der Waals surface area (Å²) in [6.45, 7) is 6.68. The monoisotopic (exact) mass is 622 g/mol. The number of hydrogen-bond donors (Lipinski definition) is 3. The average molecular weight is 623 g/mol. The summed E-state index contributed by atoms with van der Waals surface area (Å²) in [4.78, 5) is 33.8. The van der Waals surface area contributed by atoms with Crippen LogP contribution in [0, 0.1) is 13.8 Å². The highest BCUT2D eigenvalue weighted by Crippen LogP contribution is 2.35. The molecule has 45 heavy (non-hydrogen) atoms. The third-order valence-electron chi connectivity index (χ3n) is 8.37. The maximum absolute atomic E-state index is 13.7. The van der Waals surface area contributed by atoms with Crippen LogP contribution in [0.25, 0.3) is 11.0 Å². The maximum atomic E-state index is 13.7. The third-order valence-corrected chi connectivity index (χ3v) is 9.43. The number of carbonyl (C=O) groups excluding carboxylic acids is 2. The molecule has 2 aromatic heterocycles. The first-order valence-electron chi connectivity index (χ1n) is 15.4. The molecule has 0 bridgehead atoms. The van der Waals surface area contributed by atoms with Gasteiger partial charge < -0.3 is 25.1 Å². The topological polar surface area (TPSA) is 108 Å². The number of carbonyl (C=O) groups is 2. The van der Waals surface area contributed by atoms with E-state index in [1.165, 1.54) is 0 Å². The van der Waals surface area contributed by atoms with Crippen LogP contribution in [-0.4, -0.2) is 45.5 Å². The van der Waals surface area contributed by atoms with Gasteiger partial charge in [0.05, 0.1) is 30.8 Å². The molecule has 2 amide bonds. The SMILES string of the molecule is Cc1cc(C(=O)NC(C)C(O)C(NCc2cc3ccccc3o2)c2ccccc2)cc(C(=O)N2CCCC2c2nc(C)cs2)c1. The number of aromatic nitrogens is 1. The Labute approximate surface area is 267 Å². The molecule has 9 heteroatoms. The largest absolute Gasteiger partial charge is 0.460 e. The molecule has 1 saturated heterocycles. The number of nitrogens with zero attached hydrogens (tertiary/aromatic N) is 2. The summed E-state index contributed by atoms with van der Waals surface area (Å²) >= 11 is 1.58. The van der Waals surface area contributed by atoms with Gasteiger partial charge in [0.15, 0.2) is 0 Å². The zero-order chi connectivity index (χ0) is 31.5. The first-order valence-corrected chi connectivity index (χ1v) is 16.2. The molecular formula is C36H38N4O4S. The smallest absolute Gasteiger partial charge is 0.254 e. The predicted octanol–water partition coefficient (Wildman–Crippen LogP) is 6.49. The van der Waals surface area contributed by atoms with E-state index in [0.717, 1.165) is 51.4 Å². The molecule has 1 fully saturated rings. The standard InChI is InChI=1S/C36H38N4O4S/c1-22-16-27(18-28(17-22)36(43)40-15-9-13-30(40)35-38-23(2)21-45-35)34(42)39-24(3)33(41)32(25-10-5-4-6-11-25)37-20-29-19-26-12-7-8-14-31(26)44-29/h4-8,10-12,14,16-19,21,24,30,32-33,37,41H,9,13,15,20H2,1-3H3,(H,39,42). The fraction of sp³-hybridized carbons (Fsp3) is 0.306. The van der Waals surface area contributed by atoms with E-state index in [1.54, 1.807) is 30.4 Å². The minimum Gasteiger partial charge on any atom is -0.460 e. The summed E-state index contributed by atoms with van der Waals surface area (Å²) in [6, 6.07) is 23.6. The van der Waals surface area contributed by atoms with Crippen LogP contribution in [0.3, 0.4) is 0 Å². The van der Waals surface area contributed by atoms with Crippen molar-refractivity contribution in [2.24, 2.45) is 0 Å². The van der Waals surface area contributed by atoms with Gasteiger partial charge >= 0.3 is 0 Å². The van der Waals surface area contributed by atoms with E-state index < -0.39 is 18.2 Å². The van der Waals surface area contributed by atoms with Gasteiger partial charge in [-0.05, 0) is 75.1 Å². The summed E-state index contributed by atoms with van der Waals surface area (Å²) < 4.78 is 5.98. The quantitative estimate of drug-likeness (QED) is 0.164. The number of hydrogen-bond acceptors (Lipinski definition) is 7. The number of fused-ring (bicyclic) bond motifs is 1. The van der Waals surface area contributed by atoms with Crippen LogP contribution < -0.4 is 10.6 Å². The lowest BCUT2D eigenvalue weighted by Crippen LogP contribution is -2.47. The lowest BCUT2D eigenvalue weighted by Gasteiger charge is -2.29. The predicted molar refractivity (Wildman–Crippen MR) is 176 cm³/mol. The highest BCUT2D eigenvalue weighted by Gasteiger charge is 2.33. The summed E-state index contributed by atoms with van der Waals surface area (Å²) in [7, 11) is 0. The number of likely N-dealkylation sites (tertiary alicyclic amines) is 1. The Balaban J connectivity index is 1.16. The third kappa shape index (κ3) is 6.86. The van der Waals surface area contributed by atoms with Gasteiger partial charge in [0, 0.05) is 34.1 Å². The number of rotatable bonds is 10.